The molecule has 0 aromatic heterocycles. The van der Waals surface area contributed by atoms with Crippen LogP contribution in [0.2, 0.25) is 0 Å². The molecule has 1 aromatic rings. The van der Waals surface area contributed by atoms with Gasteiger partial charge in [0, 0.05) is 37.7 Å². The van der Waals surface area contributed by atoms with Crippen molar-refractivity contribution in [1.29, 1.82) is 0 Å². The fraction of sp³-hybridized carbons (Fsp3) is 0.500. The Bertz CT molecular complexity index is 559. The van der Waals surface area contributed by atoms with Gasteiger partial charge in [-0.05, 0) is 32.0 Å². The van der Waals surface area contributed by atoms with Gasteiger partial charge >= 0.3 is 0 Å². The van der Waals surface area contributed by atoms with Crippen molar-refractivity contribution in [1.82, 2.24) is 4.90 Å². The summed E-state index contributed by atoms with van der Waals surface area (Å²) in [6, 6.07) is 4.63. The van der Waals surface area contributed by atoms with E-state index in [4.69, 9.17) is 0 Å². The molecular formula is C16H21FN2O2. The standard InChI is InChI=1S/C16H21FN2O2/c1-4-16(21)19-8-7-18(10-11(19)2)15-6-5-13(12(3)20)9-14(15)17/h5-6,9,11H,4,7-8,10H2,1-3H3/t11-/m0/s1. The highest BCUT2D eigenvalue weighted by Gasteiger charge is 2.27. The lowest BCUT2D eigenvalue weighted by Gasteiger charge is -2.41. The summed E-state index contributed by atoms with van der Waals surface area (Å²) in [7, 11) is 0. The van der Waals surface area contributed by atoms with Crippen molar-refractivity contribution in [3.8, 4) is 0 Å². The third kappa shape index (κ3) is 3.23. The van der Waals surface area contributed by atoms with Gasteiger partial charge in [0.25, 0.3) is 0 Å². The lowest BCUT2D eigenvalue weighted by molar-refractivity contribution is -0.133. The van der Waals surface area contributed by atoms with Gasteiger partial charge in [0.1, 0.15) is 5.82 Å². The SMILES string of the molecule is CCC(=O)N1CCN(c2ccc(C(C)=O)cc2F)C[C@@H]1C. The minimum absolute atomic E-state index is 0.0538. The van der Waals surface area contributed by atoms with E-state index in [1.165, 1.54) is 13.0 Å². The van der Waals surface area contributed by atoms with Crippen molar-refractivity contribution in [3.63, 3.8) is 0 Å². The van der Waals surface area contributed by atoms with Gasteiger partial charge in [0.2, 0.25) is 5.91 Å². The molecule has 0 unspecified atom stereocenters. The van der Waals surface area contributed by atoms with Crippen molar-refractivity contribution in [2.24, 2.45) is 0 Å². The first kappa shape index (κ1) is 15.5. The quantitative estimate of drug-likeness (QED) is 0.804. The van der Waals surface area contributed by atoms with Crippen molar-refractivity contribution in [2.75, 3.05) is 24.5 Å². The number of hydrogen-bond acceptors (Lipinski definition) is 3. The molecule has 1 aliphatic heterocycles. The Morgan fingerprint density at radius 2 is 2.05 bits per heavy atom. The molecule has 1 amide bonds. The second-order valence-electron chi connectivity index (χ2n) is 5.46. The predicted molar refractivity (Wildman–Crippen MR) is 80.1 cm³/mol. The molecule has 1 saturated heterocycles. The van der Waals surface area contributed by atoms with Crippen LogP contribution in [0, 0.1) is 5.82 Å². The van der Waals surface area contributed by atoms with Gasteiger partial charge < -0.3 is 9.80 Å². The summed E-state index contributed by atoms with van der Waals surface area (Å²) in [5.41, 5.74) is 0.875. The maximum Gasteiger partial charge on any atom is 0.222 e. The topological polar surface area (TPSA) is 40.6 Å². The molecule has 21 heavy (non-hydrogen) atoms. The number of carbonyl (C=O) groups excluding carboxylic acids is 2. The number of Topliss-reactive ketones (excluding diaryl/α,β-unsaturated/α-hetero) is 1. The van der Waals surface area contributed by atoms with Gasteiger partial charge in [-0.1, -0.05) is 6.92 Å². The van der Waals surface area contributed by atoms with Crippen molar-refractivity contribution in [2.45, 2.75) is 33.2 Å². The Hall–Kier alpha value is -1.91. The predicted octanol–water partition coefficient (Wildman–Crippen LogP) is 2.48. The molecule has 0 bridgehead atoms. The molecule has 4 nitrogen and oxygen atoms in total. The molecule has 1 fully saturated rings. The first-order chi connectivity index (χ1) is 9.93. The summed E-state index contributed by atoms with van der Waals surface area (Å²) in [6.07, 6.45) is 0.492. The monoisotopic (exact) mass is 292 g/mol. The molecule has 0 saturated carbocycles. The van der Waals surface area contributed by atoms with Crippen LogP contribution < -0.4 is 4.90 Å². The number of amides is 1. The number of hydrogen-bond donors (Lipinski definition) is 0. The van der Waals surface area contributed by atoms with Crippen LogP contribution in [0.25, 0.3) is 0 Å². The van der Waals surface area contributed by atoms with Crippen molar-refractivity contribution < 1.29 is 14.0 Å². The van der Waals surface area contributed by atoms with E-state index in [-0.39, 0.29) is 23.5 Å². The number of piperazine rings is 1. The molecule has 0 N–H and O–H groups in total. The fourth-order valence-corrected chi connectivity index (χ4v) is 2.73. The number of ketones is 1. The van der Waals surface area contributed by atoms with Gasteiger partial charge in [-0.15, -0.1) is 0 Å². The maximum atomic E-state index is 14.2. The first-order valence-corrected chi connectivity index (χ1v) is 7.29. The Balaban J connectivity index is 2.14. The van der Waals surface area contributed by atoms with Crippen LogP contribution in [0.15, 0.2) is 18.2 Å². The Morgan fingerprint density at radius 1 is 1.33 bits per heavy atom. The van der Waals surface area contributed by atoms with Crippen LogP contribution in [-0.4, -0.2) is 42.3 Å². The van der Waals surface area contributed by atoms with E-state index in [1.54, 1.807) is 12.1 Å². The number of carbonyl (C=O) groups is 2. The van der Waals surface area contributed by atoms with Crippen molar-refractivity contribution in [3.05, 3.63) is 29.6 Å². The lowest BCUT2D eigenvalue weighted by Crippen LogP contribution is -2.54. The van der Waals surface area contributed by atoms with E-state index < -0.39 is 0 Å². The van der Waals surface area contributed by atoms with Gasteiger partial charge in [-0.3, -0.25) is 9.59 Å². The molecule has 1 aromatic carbocycles. The highest BCUT2D eigenvalue weighted by Crippen LogP contribution is 2.24. The van der Waals surface area contributed by atoms with Crippen LogP contribution in [0.5, 0.6) is 0 Å². The first-order valence-electron chi connectivity index (χ1n) is 7.29. The Kier molecular flexibility index (Phi) is 4.60. The van der Waals surface area contributed by atoms with Gasteiger partial charge in [-0.2, -0.15) is 0 Å². The molecule has 0 aliphatic carbocycles. The lowest BCUT2D eigenvalue weighted by atomic mass is 10.1. The van der Waals surface area contributed by atoms with Gasteiger partial charge in [0.05, 0.1) is 5.69 Å². The zero-order chi connectivity index (χ0) is 15.6. The van der Waals surface area contributed by atoms with E-state index in [2.05, 4.69) is 0 Å². The van der Waals surface area contributed by atoms with Crippen LogP contribution in [0.1, 0.15) is 37.6 Å². The largest absolute Gasteiger partial charge is 0.365 e. The number of anilines is 1. The van der Waals surface area contributed by atoms with E-state index in [9.17, 15) is 14.0 Å². The normalized spacial score (nSPS) is 18.8. The fourth-order valence-electron chi connectivity index (χ4n) is 2.73. The highest BCUT2D eigenvalue weighted by atomic mass is 19.1. The Morgan fingerprint density at radius 3 is 2.57 bits per heavy atom. The molecular weight excluding hydrogens is 271 g/mol. The summed E-state index contributed by atoms with van der Waals surface area (Å²) < 4.78 is 14.2. The molecule has 0 radical (unpaired) electrons. The van der Waals surface area contributed by atoms with E-state index in [0.717, 1.165) is 0 Å². The number of rotatable bonds is 3. The molecule has 1 heterocycles. The number of halogens is 1. The highest BCUT2D eigenvalue weighted by molar-refractivity contribution is 5.94. The average Bonchev–Trinajstić information content (AvgIpc) is 2.46. The molecule has 1 atom stereocenters. The molecule has 5 heteroatoms. The van der Waals surface area contributed by atoms with Crippen LogP contribution in [0.3, 0.4) is 0 Å². The van der Waals surface area contributed by atoms with Gasteiger partial charge in [0.15, 0.2) is 5.78 Å². The molecule has 1 aliphatic rings. The molecule has 0 spiro atoms. The summed E-state index contributed by atoms with van der Waals surface area (Å²) in [5.74, 6) is -0.396. The van der Waals surface area contributed by atoms with E-state index >= 15 is 0 Å². The number of nitrogens with zero attached hydrogens (tertiary/aromatic N) is 2. The third-order valence-electron chi connectivity index (χ3n) is 3.95. The van der Waals surface area contributed by atoms with E-state index in [1.807, 2.05) is 23.6 Å². The zero-order valence-corrected chi connectivity index (χ0v) is 12.7. The van der Waals surface area contributed by atoms with Crippen LogP contribution >= 0.6 is 0 Å². The second kappa shape index (κ2) is 6.24. The summed E-state index contributed by atoms with van der Waals surface area (Å²) in [4.78, 5) is 26.8. The average molecular weight is 292 g/mol. The maximum absolute atomic E-state index is 14.2. The second-order valence-corrected chi connectivity index (χ2v) is 5.46. The summed E-state index contributed by atoms with van der Waals surface area (Å²) >= 11 is 0. The summed E-state index contributed by atoms with van der Waals surface area (Å²) in [6.45, 7) is 7.05. The summed E-state index contributed by atoms with van der Waals surface area (Å²) in [5, 5.41) is 0. The van der Waals surface area contributed by atoms with Crippen LogP contribution in [0.4, 0.5) is 10.1 Å². The molecule has 2 rings (SSSR count). The number of benzene rings is 1. The van der Waals surface area contributed by atoms with Crippen LogP contribution in [-0.2, 0) is 4.79 Å². The smallest absolute Gasteiger partial charge is 0.222 e. The van der Waals surface area contributed by atoms with Gasteiger partial charge in [-0.25, -0.2) is 4.39 Å². The van der Waals surface area contributed by atoms with Crippen molar-refractivity contribution >= 4 is 17.4 Å². The molecule has 114 valence electrons. The Labute approximate surface area is 124 Å². The minimum Gasteiger partial charge on any atom is -0.365 e. The zero-order valence-electron chi connectivity index (χ0n) is 12.7. The van der Waals surface area contributed by atoms with E-state index in [0.29, 0.717) is 37.3 Å². The third-order valence-corrected chi connectivity index (χ3v) is 3.95. The minimum atomic E-state index is -0.384.